The summed E-state index contributed by atoms with van der Waals surface area (Å²) >= 11 is 1.57. The second-order valence-electron chi connectivity index (χ2n) is 7.28. The van der Waals surface area contributed by atoms with Gasteiger partial charge in [-0.1, -0.05) is 32.0 Å². The van der Waals surface area contributed by atoms with Gasteiger partial charge in [-0.25, -0.2) is 4.98 Å². The lowest BCUT2D eigenvalue weighted by atomic mass is 9.99. The Labute approximate surface area is 165 Å². The molecule has 1 aromatic carbocycles. The zero-order valence-electron chi connectivity index (χ0n) is 16.5. The predicted molar refractivity (Wildman–Crippen MR) is 110 cm³/mol. The molecule has 1 N–H and O–H groups in total. The number of carbonyl (C=O) groups excluding carboxylic acids is 1. The molecule has 1 aliphatic heterocycles. The average Bonchev–Trinajstić information content (AvgIpc) is 3.01. The first kappa shape index (κ1) is 19.8. The summed E-state index contributed by atoms with van der Waals surface area (Å²) in [6.45, 7) is 9.62. The first-order valence-electron chi connectivity index (χ1n) is 9.74. The quantitative estimate of drug-likeness (QED) is 0.771. The number of carbonyl (C=O) groups is 1. The largest absolute Gasteiger partial charge is 0.483 e. The Morgan fingerprint density at radius 3 is 2.81 bits per heavy atom. The smallest absolute Gasteiger partial charge is 0.264 e. The van der Waals surface area contributed by atoms with Crippen molar-refractivity contribution < 1.29 is 9.53 Å². The SMILES string of the molecule is CCc1ccccc1OCC(=O)Nc1nc(C)c(CN2CCC(C)CC2)s1. The van der Waals surface area contributed by atoms with Gasteiger partial charge in [0.25, 0.3) is 5.91 Å². The Morgan fingerprint density at radius 1 is 1.33 bits per heavy atom. The van der Waals surface area contributed by atoms with Crippen molar-refractivity contribution in [3.8, 4) is 5.75 Å². The van der Waals surface area contributed by atoms with Crippen LogP contribution in [0, 0.1) is 12.8 Å². The lowest BCUT2D eigenvalue weighted by Gasteiger charge is -2.29. The number of thiazole rings is 1. The van der Waals surface area contributed by atoms with E-state index in [0.29, 0.717) is 5.13 Å². The fourth-order valence-corrected chi connectivity index (χ4v) is 4.31. The van der Waals surface area contributed by atoms with Crippen molar-refractivity contribution >= 4 is 22.4 Å². The van der Waals surface area contributed by atoms with Gasteiger partial charge < -0.3 is 4.74 Å². The summed E-state index contributed by atoms with van der Waals surface area (Å²) in [6, 6.07) is 7.82. The van der Waals surface area contributed by atoms with Crippen LogP contribution in [0.15, 0.2) is 24.3 Å². The van der Waals surface area contributed by atoms with E-state index in [1.54, 1.807) is 11.3 Å². The van der Waals surface area contributed by atoms with Gasteiger partial charge in [0.2, 0.25) is 0 Å². The monoisotopic (exact) mass is 387 g/mol. The van der Waals surface area contributed by atoms with Crippen LogP contribution in [0.2, 0.25) is 0 Å². The number of piperidine rings is 1. The summed E-state index contributed by atoms with van der Waals surface area (Å²) in [5.41, 5.74) is 2.11. The molecule has 1 aromatic heterocycles. The highest BCUT2D eigenvalue weighted by Crippen LogP contribution is 2.26. The zero-order chi connectivity index (χ0) is 19.2. The normalized spacial score (nSPS) is 15.7. The van der Waals surface area contributed by atoms with Gasteiger partial charge in [-0.05, 0) is 56.8 Å². The molecule has 146 valence electrons. The van der Waals surface area contributed by atoms with Crippen molar-refractivity contribution in [3.05, 3.63) is 40.4 Å². The molecule has 2 aromatic rings. The van der Waals surface area contributed by atoms with E-state index in [1.807, 2.05) is 31.2 Å². The third-order valence-electron chi connectivity index (χ3n) is 5.09. The molecule has 0 unspecified atom stereocenters. The number of ether oxygens (including phenoxy) is 1. The molecule has 0 saturated carbocycles. The third-order valence-corrected chi connectivity index (χ3v) is 6.15. The first-order chi connectivity index (χ1) is 13.0. The van der Waals surface area contributed by atoms with E-state index in [1.165, 1.54) is 17.7 Å². The molecule has 27 heavy (non-hydrogen) atoms. The number of rotatable bonds is 7. The summed E-state index contributed by atoms with van der Waals surface area (Å²) < 4.78 is 5.69. The molecule has 0 spiro atoms. The summed E-state index contributed by atoms with van der Waals surface area (Å²) in [5, 5.41) is 3.54. The van der Waals surface area contributed by atoms with Crippen LogP contribution in [0.1, 0.15) is 42.8 Å². The molecule has 0 bridgehead atoms. The Bertz CT molecular complexity index is 767. The van der Waals surface area contributed by atoms with E-state index >= 15 is 0 Å². The van der Waals surface area contributed by atoms with Gasteiger partial charge in [0.1, 0.15) is 5.75 Å². The maximum Gasteiger partial charge on any atom is 0.264 e. The van der Waals surface area contributed by atoms with Crippen LogP contribution < -0.4 is 10.1 Å². The van der Waals surface area contributed by atoms with E-state index in [0.717, 1.165) is 49.0 Å². The highest BCUT2D eigenvalue weighted by Gasteiger charge is 2.18. The fraction of sp³-hybridized carbons (Fsp3) is 0.524. The zero-order valence-corrected chi connectivity index (χ0v) is 17.3. The van der Waals surface area contributed by atoms with Crippen molar-refractivity contribution in [1.29, 1.82) is 0 Å². The third kappa shape index (κ3) is 5.53. The Hall–Kier alpha value is -1.92. The molecular formula is C21H29N3O2S. The van der Waals surface area contributed by atoms with Gasteiger partial charge in [-0.3, -0.25) is 15.0 Å². The maximum atomic E-state index is 12.3. The van der Waals surface area contributed by atoms with E-state index in [4.69, 9.17) is 4.74 Å². The Kier molecular flexibility index (Phi) is 6.85. The molecule has 0 aliphatic carbocycles. The summed E-state index contributed by atoms with van der Waals surface area (Å²) in [4.78, 5) is 20.5. The highest BCUT2D eigenvalue weighted by molar-refractivity contribution is 7.15. The number of hydrogen-bond donors (Lipinski definition) is 1. The maximum absolute atomic E-state index is 12.3. The van der Waals surface area contributed by atoms with Crippen LogP contribution in [0.25, 0.3) is 0 Å². The van der Waals surface area contributed by atoms with E-state index in [-0.39, 0.29) is 12.5 Å². The topological polar surface area (TPSA) is 54.5 Å². The number of aryl methyl sites for hydroxylation is 2. The van der Waals surface area contributed by atoms with Gasteiger partial charge in [0.05, 0.1) is 5.69 Å². The number of benzene rings is 1. The fourth-order valence-electron chi connectivity index (χ4n) is 3.29. The number of hydrogen-bond acceptors (Lipinski definition) is 5. The standard InChI is InChI=1S/C21H29N3O2S/c1-4-17-7-5-6-8-18(17)26-14-20(25)23-21-22-16(3)19(27-21)13-24-11-9-15(2)10-12-24/h5-8,15H,4,9-14H2,1-3H3,(H,22,23,25). The number of amides is 1. The van der Waals surface area contributed by atoms with E-state index < -0.39 is 0 Å². The van der Waals surface area contributed by atoms with Crippen LogP contribution in [0.4, 0.5) is 5.13 Å². The lowest BCUT2D eigenvalue weighted by molar-refractivity contribution is -0.118. The number of para-hydroxylation sites is 1. The second kappa shape index (κ2) is 9.33. The minimum Gasteiger partial charge on any atom is -0.483 e. The van der Waals surface area contributed by atoms with Crippen LogP contribution in [-0.2, 0) is 17.8 Å². The summed E-state index contributed by atoms with van der Waals surface area (Å²) in [5.74, 6) is 1.43. The molecule has 1 aliphatic rings. The first-order valence-corrected chi connectivity index (χ1v) is 10.6. The number of nitrogens with zero attached hydrogens (tertiary/aromatic N) is 2. The molecule has 6 heteroatoms. The minimum atomic E-state index is -0.173. The van der Waals surface area contributed by atoms with Crippen molar-refractivity contribution in [3.63, 3.8) is 0 Å². The van der Waals surface area contributed by atoms with Crippen molar-refractivity contribution in [2.24, 2.45) is 5.92 Å². The van der Waals surface area contributed by atoms with Crippen molar-refractivity contribution in [1.82, 2.24) is 9.88 Å². The van der Waals surface area contributed by atoms with Crippen LogP contribution in [0.3, 0.4) is 0 Å². The Balaban J connectivity index is 1.52. The van der Waals surface area contributed by atoms with Gasteiger partial charge in [-0.15, -0.1) is 11.3 Å². The van der Waals surface area contributed by atoms with Gasteiger partial charge >= 0.3 is 0 Å². The number of likely N-dealkylation sites (tertiary alicyclic amines) is 1. The van der Waals surface area contributed by atoms with Gasteiger partial charge in [0.15, 0.2) is 11.7 Å². The second-order valence-corrected chi connectivity index (χ2v) is 8.37. The molecule has 1 fully saturated rings. The van der Waals surface area contributed by atoms with Gasteiger partial charge in [-0.2, -0.15) is 0 Å². The molecule has 0 radical (unpaired) electrons. The van der Waals surface area contributed by atoms with Crippen LogP contribution >= 0.6 is 11.3 Å². The van der Waals surface area contributed by atoms with Crippen molar-refractivity contribution in [2.75, 3.05) is 25.0 Å². The Morgan fingerprint density at radius 2 is 2.07 bits per heavy atom. The molecule has 0 atom stereocenters. The number of anilines is 1. The minimum absolute atomic E-state index is 0.00497. The molecule has 2 heterocycles. The molecule has 1 amide bonds. The van der Waals surface area contributed by atoms with Crippen LogP contribution in [0.5, 0.6) is 5.75 Å². The lowest BCUT2D eigenvalue weighted by Crippen LogP contribution is -2.32. The van der Waals surface area contributed by atoms with E-state index in [2.05, 4.69) is 29.0 Å². The summed E-state index contributed by atoms with van der Waals surface area (Å²) in [7, 11) is 0. The molecular weight excluding hydrogens is 358 g/mol. The van der Waals surface area contributed by atoms with Crippen molar-refractivity contribution in [2.45, 2.75) is 46.6 Å². The summed E-state index contributed by atoms with van der Waals surface area (Å²) in [6.07, 6.45) is 3.40. The van der Waals surface area contributed by atoms with E-state index in [9.17, 15) is 4.79 Å². The van der Waals surface area contributed by atoms with Crippen LogP contribution in [-0.4, -0.2) is 35.5 Å². The van der Waals surface area contributed by atoms with Gasteiger partial charge in [0, 0.05) is 11.4 Å². The average molecular weight is 388 g/mol. The molecule has 5 nitrogen and oxygen atoms in total. The highest BCUT2D eigenvalue weighted by atomic mass is 32.1. The molecule has 1 saturated heterocycles. The number of nitrogens with one attached hydrogen (secondary N) is 1. The predicted octanol–water partition coefficient (Wildman–Crippen LogP) is 4.26. The number of aromatic nitrogens is 1. The molecule has 3 rings (SSSR count).